The normalized spacial score (nSPS) is 15.0. The first-order valence-corrected chi connectivity index (χ1v) is 5.60. The van der Waals surface area contributed by atoms with Gasteiger partial charge in [0, 0.05) is 0 Å². The van der Waals surface area contributed by atoms with E-state index >= 15 is 0 Å². The Morgan fingerprint density at radius 3 is 1.91 bits per heavy atom. The lowest BCUT2D eigenvalue weighted by atomic mass is 10.2. The molecule has 0 aromatic heterocycles. The SMILES string of the molecule is O=C(NC1COC(=O)OC1)Oc1c(F)c(F)c(F)c(F)c1F. The van der Waals surface area contributed by atoms with Gasteiger partial charge < -0.3 is 19.5 Å². The second-order valence-corrected chi connectivity index (χ2v) is 4.00. The zero-order valence-electron chi connectivity index (χ0n) is 10.4. The third kappa shape index (κ3) is 3.02. The summed E-state index contributed by atoms with van der Waals surface area (Å²) in [5, 5.41) is 1.96. The summed E-state index contributed by atoms with van der Waals surface area (Å²) in [6.45, 7) is -0.629. The van der Waals surface area contributed by atoms with E-state index in [9.17, 15) is 31.5 Å². The number of halogens is 5. The first-order chi connectivity index (χ1) is 10.3. The predicted molar refractivity (Wildman–Crippen MR) is 56.5 cm³/mol. The van der Waals surface area contributed by atoms with Crippen molar-refractivity contribution in [3.63, 3.8) is 0 Å². The van der Waals surface area contributed by atoms with E-state index in [2.05, 4.69) is 14.2 Å². The highest BCUT2D eigenvalue weighted by Gasteiger charge is 2.30. The van der Waals surface area contributed by atoms with E-state index in [0.717, 1.165) is 0 Å². The topological polar surface area (TPSA) is 73.9 Å². The van der Waals surface area contributed by atoms with E-state index in [-0.39, 0.29) is 13.2 Å². The molecule has 1 heterocycles. The lowest BCUT2D eigenvalue weighted by Gasteiger charge is -2.22. The molecule has 1 aromatic rings. The molecule has 0 aliphatic carbocycles. The van der Waals surface area contributed by atoms with E-state index in [4.69, 9.17) is 0 Å². The third-order valence-corrected chi connectivity index (χ3v) is 2.49. The first kappa shape index (κ1) is 15.8. The molecule has 22 heavy (non-hydrogen) atoms. The van der Waals surface area contributed by atoms with E-state index in [1.807, 2.05) is 5.32 Å². The highest BCUT2D eigenvalue weighted by Crippen LogP contribution is 2.29. The maximum atomic E-state index is 13.3. The molecule has 0 spiro atoms. The van der Waals surface area contributed by atoms with Gasteiger partial charge in [-0.05, 0) is 0 Å². The van der Waals surface area contributed by atoms with Crippen molar-refractivity contribution in [2.75, 3.05) is 13.2 Å². The van der Waals surface area contributed by atoms with E-state index in [1.165, 1.54) is 0 Å². The average Bonchev–Trinajstić information content (AvgIpc) is 2.50. The molecule has 1 N–H and O–H groups in total. The van der Waals surface area contributed by atoms with Crippen LogP contribution in [0.15, 0.2) is 0 Å². The molecule has 2 rings (SSSR count). The standard InChI is InChI=1S/C11H6F5NO5/c12-4-5(13)7(15)9(8(16)6(4)14)22-10(18)17-3-1-20-11(19)21-2-3/h3H,1-2H2,(H,17,18). The maximum Gasteiger partial charge on any atom is 0.508 e. The number of carbonyl (C=O) groups is 2. The number of benzene rings is 1. The van der Waals surface area contributed by atoms with Gasteiger partial charge in [0.15, 0.2) is 0 Å². The van der Waals surface area contributed by atoms with Crippen LogP contribution in [0.4, 0.5) is 31.5 Å². The average molecular weight is 327 g/mol. The zero-order valence-corrected chi connectivity index (χ0v) is 10.4. The molecule has 0 saturated carbocycles. The number of carbonyl (C=O) groups excluding carboxylic acids is 2. The maximum absolute atomic E-state index is 13.3. The van der Waals surface area contributed by atoms with Crippen LogP contribution < -0.4 is 10.1 Å². The summed E-state index contributed by atoms with van der Waals surface area (Å²) in [7, 11) is 0. The summed E-state index contributed by atoms with van der Waals surface area (Å²) in [6, 6.07) is -0.911. The second kappa shape index (κ2) is 6.03. The van der Waals surface area contributed by atoms with Gasteiger partial charge in [-0.2, -0.15) is 8.78 Å². The van der Waals surface area contributed by atoms with Crippen molar-refractivity contribution in [3.05, 3.63) is 29.1 Å². The number of hydrogen-bond donors (Lipinski definition) is 1. The van der Waals surface area contributed by atoms with Crippen LogP contribution in [0, 0.1) is 29.1 Å². The van der Waals surface area contributed by atoms with Crippen molar-refractivity contribution in [2.45, 2.75) is 6.04 Å². The van der Waals surface area contributed by atoms with Gasteiger partial charge in [0.25, 0.3) is 0 Å². The minimum Gasteiger partial charge on any atom is -0.432 e. The van der Waals surface area contributed by atoms with Crippen LogP contribution in [-0.4, -0.2) is 31.5 Å². The second-order valence-electron chi connectivity index (χ2n) is 4.00. The van der Waals surface area contributed by atoms with Gasteiger partial charge in [-0.15, -0.1) is 0 Å². The highest BCUT2D eigenvalue weighted by atomic mass is 19.2. The van der Waals surface area contributed by atoms with Crippen molar-refractivity contribution in [1.29, 1.82) is 0 Å². The van der Waals surface area contributed by atoms with E-state index in [1.54, 1.807) is 0 Å². The quantitative estimate of drug-likeness (QED) is 0.389. The summed E-state index contributed by atoms with van der Waals surface area (Å²) in [5.74, 6) is -13.2. The lowest BCUT2D eigenvalue weighted by molar-refractivity contribution is 0.00183. The van der Waals surface area contributed by atoms with E-state index < -0.39 is 53.1 Å². The summed E-state index contributed by atoms with van der Waals surface area (Å²) in [5.41, 5.74) is 0. The van der Waals surface area contributed by atoms with Crippen molar-refractivity contribution in [2.24, 2.45) is 0 Å². The molecule has 11 heteroatoms. The predicted octanol–water partition coefficient (Wildman–Crippen LogP) is 2.01. The molecule has 0 unspecified atom stereocenters. The molecular formula is C11H6F5NO5. The van der Waals surface area contributed by atoms with Crippen LogP contribution in [0.5, 0.6) is 5.75 Å². The number of hydrogen-bond acceptors (Lipinski definition) is 5. The monoisotopic (exact) mass is 327 g/mol. The third-order valence-electron chi connectivity index (χ3n) is 2.49. The molecule has 120 valence electrons. The molecule has 1 aromatic carbocycles. The molecule has 0 bridgehead atoms. The fourth-order valence-corrected chi connectivity index (χ4v) is 1.47. The summed E-state index contributed by atoms with van der Waals surface area (Å²) < 4.78 is 78.0. The van der Waals surface area contributed by atoms with Gasteiger partial charge in [-0.3, -0.25) is 0 Å². The highest BCUT2D eigenvalue weighted by molar-refractivity contribution is 5.71. The Morgan fingerprint density at radius 2 is 1.41 bits per heavy atom. The zero-order chi connectivity index (χ0) is 16.4. The first-order valence-electron chi connectivity index (χ1n) is 5.60. The molecule has 1 aliphatic rings. The molecule has 6 nitrogen and oxygen atoms in total. The van der Waals surface area contributed by atoms with Crippen LogP contribution >= 0.6 is 0 Å². The van der Waals surface area contributed by atoms with E-state index in [0.29, 0.717) is 0 Å². The Kier molecular flexibility index (Phi) is 4.33. The smallest absolute Gasteiger partial charge is 0.432 e. The van der Waals surface area contributed by atoms with Crippen molar-refractivity contribution >= 4 is 12.2 Å². The van der Waals surface area contributed by atoms with Crippen molar-refractivity contribution in [1.82, 2.24) is 5.32 Å². The van der Waals surface area contributed by atoms with Gasteiger partial charge in [0.1, 0.15) is 19.3 Å². The number of cyclic esters (lactones) is 2. The van der Waals surface area contributed by atoms with Crippen LogP contribution in [0.25, 0.3) is 0 Å². The minimum absolute atomic E-state index is 0.314. The summed E-state index contributed by atoms with van der Waals surface area (Å²) >= 11 is 0. The number of rotatable bonds is 2. The largest absolute Gasteiger partial charge is 0.508 e. The summed E-state index contributed by atoms with van der Waals surface area (Å²) in [4.78, 5) is 21.9. The van der Waals surface area contributed by atoms with Crippen LogP contribution in [-0.2, 0) is 9.47 Å². The van der Waals surface area contributed by atoms with Crippen LogP contribution in [0.1, 0.15) is 0 Å². The van der Waals surface area contributed by atoms with Gasteiger partial charge in [-0.1, -0.05) is 0 Å². The Labute approximate surface area is 118 Å². The van der Waals surface area contributed by atoms with Crippen LogP contribution in [0.2, 0.25) is 0 Å². The fraction of sp³-hybridized carbons (Fsp3) is 0.273. The molecule has 1 fully saturated rings. The lowest BCUT2D eigenvalue weighted by Crippen LogP contribution is -2.46. The minimum atomic E-state index is -2.38. The Bertz CT molecular complexity index is 599. The number of amides is 1. The van der Waals surface area contributed by atoms with Crippen molar-refractivity contribution in [3.8, 4) is 5.75 Å². The van der Waals surface area contributed by atoms with Gasteiger partial charge in [0.05, 0.1) is 0 Å². The molecule has 1 amide bonds. The van der Waals surface area contributed by atoms with Gasteiger partial charge in [0.2, 0.25) is 34.8 Å². The fourth-order valence-electron chi connectivity index (χ4n) is 1.47. The van der Waals surface area contributed by atoms with Crippen LogP contribution in [0.3, 0.4) is 0 Å². The van der Waals surface area contributed by atoms with Gasteiger partial charge >= 0.3 is 12.2 Å². The number of ether oxygens (including phenoxy) is 3. The molecule has 1 aliphatic heterocycles. The van der Waals surface area contributed by atoms with Crippen molar-refractivity contribution < 1.29 is 45.8 Å². The molecule has 1 saturated heterocycles. The Hall–Kier alpha value is -2.59. The molecule has 0 atom stereocenters. The van der Waals surface area contributed by atoms with Gasteiger partial charge in [-0.25, -0.2) is 22.8 Å². The number of nitrogens with one attached hydrogen (secondary N) is 1. The molecular weight excluding hydrogens is 321 g/mol. The summed E-state index contributed by atoms with van der Waals surface area (Å²) in [6.07, 6.45) is -2.50. The molecule has 0 radical (unpaired) electrons. The Balaban J connectivity index is 2.10. The Morgan fingerprint density at radius 1 is 0.955 bits per heavy atom.